The molecule has 1 aromatic heterocycles. The number of rotatable bonds is 3. The van der Waals surface area contributed by atoms with Gasteiger partial charge in [0.05, 0.1) is 23.6 Å². The van der Waals surface area contributed by atoms with Crippen molar-refractivity contribution in [3.8, 4) is 0 Å². The summed E-state index contributed by atoms with van der Waals surface area (Å²) in [5.74, 6) is -6.27. The molecular formula is C24H29F5N6O5. The zero-order valence-corrected chi connectivity index (χ0v) is 21.5. The Labute approximate surface area is 224 Å². The lowest BCUT2D eigenvalue weighted by Gasteiger charge is -2.44. The number of carboxylic acids is 1. The van der Waals surface area contributed by atoms with Crippen molar-refractivity contribution in [1.82, 2.24) is 24.7 Å². The van der Waals surface area contributed by atoms with Crippen LogP contribution < -0.4 is 21.2 Å². The molecule has 0 saturated carbocycles. The van der Waals surface area contributed by atoms with Crippen molar-refractivity contribution in [1.29, 1.82) is 0 Å². The zero-order valence-electron chi connectivity index (χ0n) is 21.5. The van der Waals surface area contributed by atoms with Crippen LogP contribution in [0.15, 0.2) is 23.0 Å². The first-order valence-corrected chi connectivity index (χ1v) is 12.6. The number of aryl methyl sites for hydroxylation is 1. The molecule has 0 bridgehead atoms. The molecule has 4 heterocycles. The number of carbonyl (C=O) groups is 3. The number of nitrogens with one attached hydrogen (secondary N) is 2. The number of aliphatic carboxylic acids is 1. The predicted molar refractivity (Wildman–Crippen MR) is 132 cm³/mol. The number of aromatic nitrogens is 2. The molecule has 0 radical (unpaired) electrons. The largest absolute Gasteiger partial charge is 0.490 e. The lowest BCUT2D eigenvalue weighted by atomic mass is 9.99. The molecule has 3 saturated heterocycles. The number of carboxylic acid groups (broad SMARTS) is 1. The molecule has 16 heteroatoms. The third-order valence-electron chi connectivity index (χ3n) is 7.40. The van der Waals surface area contributed by atoms with E-state index < -0.39 is 36.1 Å². The van der Waals surface area contributed by atoms with Gasteiger partial charge in [-0.15, -0.1) is 0 Å². The summed E-state index contributed by atoms with van der Waals surface area (Å²) in [6.07, 6.45) is -4.17. The fraction of sp³-hybridized carbons (Fsp3) is 0.583. The molecule has 2 atom stereocenters. The van der Waals surface area contributed by atoms with Gasteiger partial charge in [-0.2, -0.15) is 13.2 Å². The highest BCUT2D eigenvalue weighted by Crippen LogP contribution is 2.31. The van der Waals surface area contributed by atoms with Gasteiger partial charge in [0.2, 0.25) is 11.8 Å². The monoisotopic (exact) mass is 576 g/mol. The maximum atomic E-state index is 14.3. The second kappa shape index (κ2) is 11.2. The van der Waals surface area contributed by atoms with Crippen LogP contribution in [0.25, 0.3) is 11.0 Å². The van der Waals surface area contributed by atoms with E-state index in [1.807, 2.05) is 23.1 Å². The van der Waals surface area contributed by atoms with E-state index in [-0.39, 0.29) is 31.0 Å². The van der Waals surface area contributed by atoms with Crippen LogP contribution in [0, 0.1) is 0 Å². The Hall–Kier alpha value is -3.53. The number of imidazole rings is 1. The number of carbonyl (C=O) groups excluding carboxylic acids is 2. The van der Waals surface area contributed by atoms with Crippen molar-refractivity contribution in [3.05, 3.63) is 28.7 Å². The van der Waals surface area contributed by atoms with E-state index in [9.17, 15) is 36.3 Å². The van der Waals surface area contributed by atoms with Gasteiger partial charge in [0.15, 0.2) is 0 Å². The van der Waals surface area contributed by atoms with Crippen LogP contribution in [0.1, 0.15) is 25.3 Å². The number of alkyl halides is 5. The molecule has 3 aliphatic heterocycles. The number of piperazine rings is 1. The van der Waals surface area contributed by atoms with Gasteiger partial charge >= 0.3 is 17.8 Å². The minimum absolute atomic E-state index is 0.192. The molecule has 40 heavy (non-hydrogen) atoms. The predicted octanol–water partition coefficient (Wildman–Crippen LogP) is 1.07. The Morgan fingerprint density at radius 2 is 1.70 bits per heavy atom. The van der Waals surface area contributed by atoms with Gasteiger partial charge in [-0.3, -0.25) is 28.9 Å². The normalized spacial score (nSPS) is 23.9. The van der Waals surface area contributed by atoms with E-state index in [0.29, 0.717) is 50.2 Å². The van der Waals surface area contributed by atoms with Gasteiger partial charge in [0, 0.05) is 45.3 Å². The number of nitrogens with zero attached hydrogens (tertiary/aromatic N) is 4. The molecule has 2 aromatic rings. The number of piperidine rings is 2. The maximum Gasteiger partial charge on any atom is 0.490 e. The van der Waals surface area contributed by atoms with Crippen LogP contribution in [-0.4, -0.2) is 94.3 Å². The van der Waals surface area contributed by atoms with E-state index in [4.69, 9.17) is 9.90 Å². The fourth-order valence-electron chi connectivity index (χ4n) is 5.34. The van der Waals surface area contributed by atoms with Crippen LogP contribution in [0.2, 0.25) is 0 Å². The molecule has 3 fully saturated rings. The van der Waals surface area contributed by atoms with Gasteiger partial charge in [-0.25, -0.2) is 18.4 Å². The van der Waals surface area contributed by atoms with Crippen LogP contribution in [0.4, 0.5) is 27.6 Å². The van der Waals surface area contributed by atoms with Crippen molar-refractivity contribution >= 4 is 34.5 Å². The van der Waals surface area contributed by atoms with Crippen molar-refractivity contribution in [2.75, 3.05) is 44.2 Å². The number of amides is 2. The van der Waals surface area contributed by atoms with Gasteiger partial charge < -0.3 is 15.3 Å². The summed E-state index contributed by atoms with van der Waals surface area (Å²) in [6, 6.07) is 4.18. The molecule has 2 amide bonds. The minimum atomic E-state index is -5.08. The Balaban J connectivity index is 0.000000470. The van der Waals surface area contributed by atoms with Gasteiger partial charge in [0.25, 0.3) is 5.92 Å². The standard InChI is InChI=1S/C22H28F2N6O3.C2HF3O2/c1-27-17-12-14(28-8-10-29(11-9-28)18-6-7-25-13-22(18,23)24)2-3-15(17)30(21(27)33)16-4-5-19(31)26-20(16)32;3-2(4,5)1(6)7/h2-3,12,16,18,25H,4-11,13H2,1H3,(H,26,31,32);(H,6,7). The highest BCUT2D eigenvalue weighted by atomic mass is 19.4. The Morgan fingerprint density at radius 1 is 1.05 bits per heavy atom. The topological polar surface area (TPSA) is 129 Å². The van der Waals surface area contributed by atoms with Gasteiger partial charge in [-0.1, -0.05) is 0 Å². The quantitative estimate of drug-likeness (QED) is 0.366. The molecule has 0 spiro atoms. The Kier molecular flexibility index (Phi) is 8.21. The van der Waals surface area contributed by atoms with E-state index in [1.165, 1.54) is 9.13 Å². The van der Waals surface area contributed by atoms with Crippen molar-refractivity contribution in [2.24, 2.45) is 7.05 Å². The third-order valence-corrected chi connectivity index (χ3v) is 7.40. The second-order valence-corrected chi connectivity index (χ2v) is 9.92. The molecule has 11 nitrogen and oxygen atoms in total. The van der Waals surface area contributed by atoms with E-state index in [0.717, 1.165) is 5.69 Å². The van der Waals surface area contributed by atoms with E-state index >= 15 is 0 Å². The summed E-state index contributed by atoms with van der Waals surface area (Å²) in [7, 11) is 1.66. The lowest BCUT2D eigenvalue weighted by molar-refractivity contribution is -0.192. The first-order valence-electron chi connectivity index (χ1n) is 12.6. The summed E-state index contributed by atoms with van der Waals surface area (Å²) >= 11 is 0. The molecule has 5 rings (SSSR count). The summed E-state index contributed by atoms with van der Waals surface area (Å²) in [5.41, 5.74) is 1.92. The molecular weight excluding hydrogens is 547 g/mol. The number of hydrogen-bond acceptors (Lipinski definition) is 7. The Bertz CT molecular complexity index is 1350. The highest BCUT2D eigenvalue weighted by molar-refractivity contribution is 6.00. The van der Waals surface area contributed by atoms with Gasteiger partial charge in [0.1, 0.15) is 6.04 Å². The minimum Gasteiger partial charge on any atom is -0.475 e. The van der Waals surface area contributed by atoms with E-state index in [1.54, 1.807) is 7.05 Å². The first-order chi connectivity index (χ1) is 18.7. The van der Waals surface area contributed by atoms with E-state index in [2.05, 4.69) is 15.5 Å². The maximum absolute atomic E-state index is 14.3. The molecule has 1 aromatic carbocycles. The molecule has 3 aliphatic rings. The van der Waals surface area contributed by atoms with Crippen LogP contribution in [0.3, 0.4) is 0 Å². The van der Waals surface area contributed by atoms with Crippen molar-refractivity contribution in [3.63, 3.8) is 0 Å². The van der Waals surface area contributed by atoms with Crippen molar-refractivity contribution in [2.45, 2.75) is 43.4 Å². The molecule has 3 N–H and O–H groups in total. The van der Waals surface area contributed by atoms with Crippen LogP contribution in [-0.2, 0) is 21.4 Å². The Morgan fingerprint density at radius 3 is 2.27 bits per heavy atom. The zero-order chi connectivity index (χ0) is 29.4. The van der Waals surface area contributed by atoms with Crippen LogP contribution >= 0.6 is 0 Å². The smallest absolute Gasteiger partial charge is 0.475 e. The number of anilines is 1. The number of benzene rings is 1. The molecule has 220 valence electrons. The number of imide groups is 1. The fourth-order valence-corrected chi connectivity index (χ4v) is 5.34. The number of fused-ring (bicyclic) bond motifs is 1. The van der Waals surface area contributed by atoms with Crippen LogP contribution in [0.5, 0.6) is 0 Å². The van der Waals surface area contributed by atoms with Crippen molar-refractivity contribution < 1.29 is 41.4 Å². The van der Waals surface area contributed by atoms with Gasteiger partial charge in [-0.05, 0) is 37.6 Å². The number of hydrogen-bond donors (Lipinski definition) is 3. The highest BCUT2D eigenvalue weighted by Gasteiger charge is 2.45. The average molecular weight is 577 g/mol. The summed E-state index contributed by atoms with van der Waals surface area (Å²) in [4.78, 5) is 49.7. The second-order valence-electron chi connectivity index (χ2n) is 9.92. The molecule has 2 unspecified atom stereocenters. The summed E-state index contributed by atoms with van der Waals surface area (Å²) in [6.45, 7) is 2.67. The SMILES string of the molecule is Cn1c(=O)n(C2CCC(=O)NC2=O)c2ccc(N3CCN(C4CCNCC4(F)F)CC3)cc21.O=C(O)C(F)(F)F. The molecule has 0 aliphatic carbocycles. The number of halogens is 5. The average Bonchev–Trinajstić information content (AvgIpc) is 3.13. The first kappa shape index (κ1) is 29.5. The lowest BCUT2D eigenvalue weighted by Crippen LogP contribution is -2.61. The summed E-state index contributed by atoms with van der Waals surface area (Å²) < 4.78 is 63.4. The third kappa shape index (κ3) is 5.96. The summed E-state index contributed by atoms with van der Waals surface area (Å²) in [5, 5.41) is 12.2.